The van der Waals surface area contributed by atoms with E-state index in [0.717, 1.165) is 25.1 Å². The van der Waals surface area contributed by atoms with Crippen LogP contribution >= 0.6 is 0 Å². The summed E-state index contributed by atoms with van der Waals surface area (Å²) in [6.07, 6.45) is 4.86. The Hall–Kier alpha value is -2.96. The Morgan fingerprint density at radius 3 is 2.48 bits per heavy atom. The number of aromatic amines is 1. The summed E-state index contributed by atoms with van der Waals surface area (Å²) in [6, 6.07) is 6.83. The smallest absolute Gasteiger partial charge is 0.182 e. The molecule has 0 aliphatic carbocycles. The van der Waals surface area contributed by atoms with E-state index in [9.17, 15) is 4.39 Å². The fourth-order valence-electron chi connectivity index (χ4n) is 2.44. The summed E-state index contributed by atoms with van der Waals surface area (Å²) in [5.74, 6) is 0.249. The fraction of sp³-hybridized carbons (Fsp3) is 0.350. The molecule has 0 saturated carbocycles. The molecule has 6 nitrogen and oxygen atoms in total. The number of H-pyrrole nitrogens is 1. The Balaban J connectivity index is 0.000000262. The van der Waals surface area contributed by atoms with Gasteiger partial charge in [0.05, 0.1) is 12.0 Å². The maximum Gasteiger partial charge on any atom is 0.182 e. The standard InChI is InChI=1S/C13H18FN.C5H5N5.C2H6/c1-4-8-11(3)15(5-2)13-10-7-6-9-12(13)14;6-4-3-5(9-1-7-3)10-2-8-4;1-2/h6-7,9-10H,3-5,8H2,1-2H3;1-2H,(H3,6,7,8,9,10);1-2H3. The molecule has 0 atom stereocenters. The number of allylic oxidation sites excluding steroid dienone is 1. The molecule has 0 bridgehead atoms. The highest BCUT2D eigenvalue weighted by atomic mass is 19.1. The van der Waals surface area contributed by atoms with Gasteiger partial charge in [-0.1, -0.05) is 45.9 Å². The number of fused-ring (bicyclic) bond motifs is 1. The van der Waals surface area contributed by atoms with E-state index in [1.54, 1.807) is 12.1 Å². The molecule has 0 fully saturated rings. The number of anilines is 2. The number of aromatic nitrogens is 4. The maximum absolute atomic E-state index is 13.5. The Bertz CT molecular complexity index is 830. The van der Waals surface area contributed by atoms with E-state index >= 15 is 0 Å². The minimum Gasteiger partial charge on any atom is -0.382 e. The lowest BCUT2D eigenvalue weighted by Crippen LogP contribution is -2.22. The van der Waals surface area contributed by atoms with Gasteiger partial charge in [0.2, 0.25) is 0 Å². The molecule has 0 aliphatic heterocycles. The zero-order valence-corrected chi connectivity index (χ0v) is 16.5. The first-order valence-corrected chi connectivity index (χ1v) is 9.17. The number of nitrogens with zero attached hydrogens (tertiary/aromatic N) is 4. The number of nitrogen functional groups attached to an aromatic ring is 1. The van der Waals surface area contributed by atoms with Gasteiger partial charge in [0, 0.05) is 12.2 Å². The number of benzene rings is 1. The second-order valence-electron chi connectivity index (χ2n) is 5.37. The first kappa shape index (κ1) is 22.1. The van der Waals surface area contributed by atoms with E-state index in [1.807, 2.05) is 31.7 Å². The van der Waals surface area contributed by atoms with Crippen LogP contribution in [0.2, 0.25) is 0 Å². The van der Waals surface area contributed by atoms with Crippen molar-refractivity contribution in [3.8, 4) is 0 Å². The van der Waals surface area contributed by atoms with Crippen LogP contribution in [-0.4, -0.2) is 26.5 Å². The van der Waals surface area contributed by atoms with Gasteiger partial charge in [0.25, 0.3) is 0 Å². The Morgan fingerprint density at radius 1 is 1.19 bits per heavy atom. The predicted octanol–water partition coefficient (Wildman–Crippen LogP) is 4.93. The third kappa shape index (κ3) is 6.06. The van der Waals surface area contributed by atoms with E-state index in [-0.39, 0.29) is 5.82 Å². The zero-order valence-electron chi connectivity index (χ0n) is 16.5. The fourth-order valence-corrected chi connectivity index (χ4v) is 2.44. The number of hydrogen-bond donors (Lipinski definition) is 2. The van der Waals surface area contributed by atoms with Crippen LogP contribution in [0, 0.1) is 5.82 Å². The Morgan fingerprint density at radius 2 is 1.89 bits per heavy atom. The topological polar surface area (TPSA) is 83.7 Å². The summed E-state index contributed by atoms with van der Waals surface area (Å²) in [5.41, 5.74) is 8.38. The van der Waals surface area contributed by atoms with Crippen molar-refractivity contribution in [1.29, 1.82) is 0 Å². The summed E-state index contributed by atoms with van der Waals surface area (Å²) in [4.78, 5) is 16.3. The van der Waals surface area contributed by atoms with Crippen LogP contribution < -0.4 is 10.6 Å². The van der Waals surface area contributed by atoms with Crippen molar-refractivity contribution < 1.29 is 4.39 Å². The lowest BCUT2D eigenvalue weighted by atomic mass is 10.2. The number of nitrogens with one attached hydrogen (secondary N) is 1. The Kier molecular flexibility index (Phi) is 9.50. The van der Waals surface area contributed by atoms with Crippen LogP contribution in [-0.2, 0) is 0 Å². The van der Waals surface area contributed by atoms with Crippen molar-refractivity contribution in [2.75, 3.05) is 17.2 Å². The van der Waals surface area contributed by atoms with Crippen LogP contribution in [0.25, 0.3) is 11.2 Å². The second-order valence-corrected chi connectivity index (χ2v) is 5.37. The maximum atomic E-state index is 13.5. The summed E-state index contributed by atoms with van der Waals surface area (Å²) < 4.78 is 13.5. The number of para-hydroxylation sites is 1. The molecule has 3 rings (SSSR count). The normalized spacial score (nSPS) is 9.67. The molecule has 0 amide bonds. The average Bonchev–Trinajstić information content (AvgIpc) is 3.17. The van der Waals surface area contributed by atoms with Gasteiger partial charge in [-0.2, -0.15) is 0 Å². The van der Waals surface area contributed by atoms with Crippen LogP contribution in [0.15, 0.2) is 49.2 Å². The number of rotatable bonds is 5. The van der Waals surface area contributed by atoms with E-state index < -0.39 is 0 Å². The monoisotopic (exact) mass is 372 g/mol. The van der Waals surface area contributed by atoms with Gasteiger partial charge in [-0.05, 0) is 25.5 Å². The molecule has 2 aromatic heterocycles. The minimum atomic E-state index is -0.184. The van der Waals surface area contributed by atoms with Crippen molar-refractivity contribution in [2.24, 2.45) is 0 Å². The van der Waals surface area contributed by atoms with Gasteiger partial charge in [-0.25, -0.2) is 19.3 Å². The molecular weight excluding hydrogens is 343 g/mol. The molecule has 146 valence electrons. The van der Waals surface area contributed by atoms with Crippen LogP contribution in [0.4, 0.5) is 15.9 Å². The molecular formula is C20H29FN6. The molecule has 2 heterocycles. The van der Waals surface area contributed by atoms with Crippen molar-refractivity contribution in [1.82, 2.24) is 19.9 Å². The van der Waals surface area contributed by atoms with Crippen LogP contribution in [0.1, 0.15) is 40.5 Å². The molecule has 3 aromatic rings. The number of imidazole rings is 1. The molecule has 3 N–H and O–H groups in total. The van der Waals surface area contributed by atoms with Gasteiger partial charge < -0.3 is 15.6 Å². The summed E-state index contributed by atoms with van der Waals surface area (Å²) in [7, 11) is 0. The molecule has 0 aliphatic rings. The quantitative estimate of drug-likeness (QED) is 0.663. The molecule has 27 heavy (non-hydrogen) atoms. The molecule has 7 heteroatoms. The first-order chi connectivity index (χ1) is 13.1. The summed E-state index contributed by atoms with van der Waals surface area (Å²) in [5, 5.41) is 0. The highest BCUT2D eigenvalue weighted by Crippen LogP contribution is 2.23. The van der Waals surface area contributed by atoms with E-state index in [1.165, 1.54) is 18.7 Å². The van der Waals surface area contributed by atoms with Gasteiger partial charge in [-0.3, -0.25) is 0 Å². The molecule has 0 spiro atoms. The van der Waals surface area contributed by atoms with Crippen LogP contribution in [0.5, 0.6) is 0 Å². The van der Waals surface area contributed by atoms with E-state index in [4.69, 9.17) is 5.73 Å². The van der Waals surface area contributed by atoms with Gasteiger partial charge in [-0.15, -0.1) is 0 Å². The van der Waals surface area contributed by atoms with Crippen molar-refractivity contribution in [3.63, 3.8) is 0 Å². The lowest BCUT2D eigenvalue weighted by molar-refractivity contribution is 0.622. The highest BCUT2D eigenvalue weighted by molar-refractivity contribution is 5.80. The predicted molar refractivity (Wildman–Crippen MR) is 111 cm³/mol. The third-order valence-corrected chi connectivity index (χ3v) is 3.63. The van der Waals surface area contributed by atoms with Gasteiger partial charge in [0.1, 0.15) is 17.7 Å². The zero-order chi connectivity index (χ0) is 20.2. The molecule has 1 aromatic carbocycles. The summed E-state index contributed by atoms with van der Waals surface area (Å²) >= 11 is 0. The van der Waals surface area contributed by atoms with Crippen LogP contribution in [0.3, 0.4) is 0 Å². The lowest BCUT2D eigenvalue weighted by Gasteiger charge is -2.25. The molecule has 0 unspecified atom stereocenters. The third-order valence-electron chi connectivity index (χ3n) is 3.63. The first-order valence-electron chi connectivity index (χ1n) is 9.17. The largest absolute Gasteiger partial charge is 0.382 e. The van der Waals surface area contributed by atoms with Crippen molar-refractivity contribution in [3.05, 3.63) is 55.0 Å². The molecule has 0 saturated heterocycles. The average molecular weight is 372 g/mol. The second kappa shape index (κ2) is 11.6. The SMILES string of the molecule is C=C(CCC)N(CC)c1ccccc1F.CC.Nc1ncnc2nc[nH]c12. The molecule has 0 radical (unpaired) electrons. The number of nitrogens with two attached hydrogens (primary N) is 1. The van der Waals surface area contributed by atoms with Gasteiger partial charge >= 0.3 is 0 Å². The highest BCUT2D eigenvalue weighted by Gasteiger charge is 2.11. The number of hydrogen-bond acceptors (Lipinski definition) is 5. The van der Waals surface area contributed by atoms with Crippen molar-refractivity contribution >= 4 is 22.7 Å². The summed E-state index contributed by atoms with van der Waals surface area (Å²) in [6.45, 7) is 12.8. The van der Waals surface area contributed by atoms with E-state index in [0.29, 0.717) is 22.7 Å². The number of halogens is 1. The minimum absolute atomic E-state index is 0.184. The van der Waals surface area contributed by atoms with Crippen molar-refractivity contribution in [2.45, 2.75) is 40.5 Å². The Labute approximate surface area is 160 Å². The van der Waals surface area contributed by atoms with E-state index in [2.05, 4.69) is 33.4 Å². The van der Waals surface area contributed by atoms with Gasteiger partial charge in [0.15, 0.2) is 11.5 Å².